The van der Waals surface area contributed by atoms with Gasteiger partial charge in [0.05, 0.1) is 6.61 Å². The number of hydrogen-bond acceptors (Lipinski definition) is 3. The lowest BCUT2D eigenvalue weighted by molar-refractivity contribution is 0.156. The molecule has 3 aliphatic rings. The van der Waals surface area contributed by atoms with Crippen LogP contribution in [-0.2, 0) is 4.74 Å². The quantitative estimate of drug-likeness (QED) is 0.635. The largest absolute Gasteiger partial charge is 0.381 e. The fourth-order valence-corrected chi connectivity index (χ4v) is 4.96. The van der Waals surface area contributed by atoms with Crippen molar-refractivity contribution in [3.8, 4) is 0 Å². The standard InChI is InChI=1S/C21H31ClN4O/c1-16-3-4-18(22)11-19(16)25-8-5-17(13-25)12-24-20(23-2)26-9-6-21(14-26)7-10-27-15-21/h3-4,11,17H,5-10,12-15H2,1-2H3,(H,23,24). The van der Waals surface area contributed by atoms with Crippen LogP contribution in [0.4, 0.5) is 5.69 Å². The Balaban J connectivity index is 1.30. The number of aliphatic imine (C=N–C) groups is 1. The summed E-state index contributed by atoms with van der Waals surface area (Å²) in [5.41, 5.74) is 2.94. The molecule has 0 aromatic heterocycles. The SMILES string of the molecule is CN=C(NCC1CCN(c2cc(Cl)ccc2C)C1)N1CCC2(CCOC2)C1. The summed E-state index contributed by atoms with van der Waals surface area (Å²) in [5, 5.41) is 4.46. The molecule has 6 heteroatoms. The van der Waals surface area contributed by atoms with Gasteiger partial charge < -0.3 is 19.9 Å². The highest BCUT2D eigenvalue weighted by Crippen LogP contribution is 2.38. The summed E-state index contributed by atoms with van der Waals surface area (Å²) in [7, 11) is 1.90. The van der Waals surface area contributed by atoms with Crippen LogP contribution in [0, 0.1) is 18.3 Å². The summed E-state index contributed by atoms with van der Waals surface area (Å²) in [6.07, 6.45) is 3.61. The normalized spacial score (nSPS) is 28.6. The van der Waals surface area contributed by atoms with Gasteiger partial charge in [0.1, 0.15) is 0 Å². The zero-order valence-corrected chi connectivity index (χ0v) is 17.3. The molecule has 3 aliphatic heterocycles. The summed E-state index contributed by atoms with van der Waals surface area (Å²) >= 11 is 6.21. The Morgan fingerprint density at radius 3 is 3.04 bits per heavy atom. The second kappa shape index (κ2) is 7.88. The number of nitrogens with zero attached hydrogens (tertiary/aromatic N) is 3. The highest BCUT2D eigenvalue weighted by atomic mass is 35.5. The first-order valence-corrected chi connectivity index (χ1v) is 10.5. The monoisotopic (exact) mass is 390 g/mol. The van der Waals surface area contributed by atoms with Crippen molar-refractivity contribution in [1.29, 1.82) is 0 Å². The summed E-state index contributed by atoms with van der Waals surface area (Å²) < 4.78 is 5.66. The smallest absolute Gasteiger partial charge is 0.193 e. The number of benzene rings is 1. The van der Waals surface area contributed by atoms with Crippen LogP contribution >= 0.6 is 11.6 Å². The first-order chi connectivity index (χ1) is 13.1. The van der Waals surface area contributed by atoms with Gasteiger partial charge in [0, 0.05) is 62.5 Å². The van der Waals surface area contributed by atoms with E-state index in [0.717, 1.165) is 56.9 Å². The second-order valence-electron chi connectivity index (χ2n) is 8.43. The molecule has 5 nitrogen and oxygen atoms in total. The second-order valence-corrected chi connectivity index (χ2v) is 8.87. The Morgan fingerprint density at radius 2 is 2.26 bits per heavy atom. The number of ether oxygens (including phenoxy) is 1. The Morgan fingerprint density at radius 1 is 1.37 bits per heavy atom. The number of anilines is 1. The Labute approximate surface area is 167 Å². The van der Waals surface area contributed by atoms with Crippen molar-refractivity contribution >= 4 is 23.2 Å². The fraction of sp³-hybridized carbons (Fsp3) is 0.667. The maximum atomic E-state index is 6.21. The van der Waals surface area contributed by atoms with E-state index in [-0.39, 0.29) is 0 Å². The first-order valence-electron chi connectivity index (χ1n) is 10.1. The first kappa shape index (κ1) is 18.9. The third-order valence-electron chi connectivity index (χ3n) is 6.48. The third kappa shape index (κ3) is 4.04. The minimum Gasteiger partial charge on any atom is -0.381 e. The van der Waals surface area contributed by atoms with Crippen LogP contribution in [0.2, 0.25) is 5.02 Å². The predicted octanol–water partition coefficient (Wildman–Crippen LogP) is 3.16. The van der Waals surface area contributed by atoms with Crippen molar-refractivity contribution in [3.63, 3.8) is 0 Å². The van der Waals surface area contributed by atoms with Crippen molar-refractivity contribution in [2.45, 2.75) is 26.2 Å². The number of hydrogen-bond donors (Lipinski definition) is 1. The molecule has 3 saturated heterocycles. The molecule has 2 atom stereocenters. The van der Waals surface area contributed by atoms with E-state index >= 15 is 0 Å². The molecule has 4 rings (SSSR count). The van der Waals surface area contributed by atoms with Crippen LogP contribution in [0.15, 0.2) is 23.2 Å². The fourth-order valence-electron chi connectivity index (χ4n) is 4.80. The number of aryl methyl sites for hydroxylation is 1. The molecule has 3 heterocycles. The zero-order chi connectivity index (χ0) is 18.9. The molecule has 27 heavy (non-hydrogen) atoms. The molecule has 0 amide bonds. The summed E-state index contributed by atoms with van der Waals surface area (Å²) in [4.78, 5) is 9.44. The van der Waals surface area contributed by atoms with Gasteiger partial charge in [0.15, 0.2) is 5.96 Å². The molecule has 3 fully saturated rings. The van der Waals surface area contributed by atoms with E-state index in [1.54, 1.807) is 0 Å². The van der Waals surface area contributed by atoms with E-state index in [1.807, 2.05) is 13.1 Å². The van der Waals surface area contributed by atoms with Gasteiger partial charge in [-0.15, -0.1) is 0 Å². The van der Waals surface area contributed by atoms with Crippen LogP contribution in [0.3, 0.4) is 0 Å². The average Bonchev–Trinajstić information content (AvgIpc) is 3.41. The van der Waals surface area contributed by atoms with Crippen LogP contribution in [0.25, 0.3) is 0 Å². The minimum absolute atomic E-state index is 0.367. The summed E-state index contributed by atoms with van der Waals surface area (Å²) in [6, 6.07) is 6.18. The number of likely N-dealkylation sites (tertiary alicyclic amines) is 1. The van der Waals surface area contributed by atoms with E-state index in [4.69, 9.17) is 16.3 Å². The van der Waals surface area contributed by atoms with Gasteiger partial charge in [-0.1, -0.05) is 17.7 Å². The minimum atomic E-state index is 0.367. The summed E-state index contributed by atoms with van der Waals surface area (Å²) in [5.74, 6) is 1.68. The number of guanidine groups is 1. The van der Waals surface area contributed by atoms with Crippen LogP contribution in [0.1, 0.15) is 24.8 Å². The van der Waals surface area contributed by atoms with Crippen LogP contribution in [-0.4, -0.2) is 63.8 Å². The van der Waals surface area contributed by atoms with Crippen molar-refractivity contribution < 1.29 is 4.74 Å². The molecule has 0 radical (unpaired) electrons. The third-order valence-corrected chi connectivity index (χ3v) is 6.72. The van der Waals surface area contributed by atoms with Crippen molar-refractivity contribution in [3.05, 3.63) is 28.8 Å². The molecule has 1 spiro atoms. The lowest BCUT2D eigenvalue weighted by atomic mass is 9.87. The van der Waals surface area contributed by atoms with E-state index < -0.39 is 0 Å². The highest BCUT2D eigenvalue weighted by molar-refractivity contribution is 6.30. The molecule has 148 valence electrons. The Bertz CT molecular complexity index is 701. The average molecular weight is 391 g/mol. The van der Waals surface area contributed by atoms with Crippen molar-refractivity contribution in [1.82, 2.24) is 10.2 Å². The topological polar surface area (TPSA) is 40.1 Å². The molecular formula is C21H31ClN4O. The molecule has 0 bridgehead atoms. The Kier molecular flexibility index (Phi) is 5.51. The van der Waals surface area contributed by atoms with E-state index in [0.29, 0.717) is 11.3 Å². The maximum Gasteiger partial charge on any atom is 0.193 e. The Hall–Kier alpha value is -1.46. The van der Waals surface area contributed by atoms with Gasteiger partial charge >= 0.3 is 0 Å². The van der Waals surface area contributed by atoms with Gasteiger partial charge in [-0.05, 0) is 49.8 Å². The van der Waals surface area contributed by atoms with Crippen molar-refractivity contribution in [2.75, 3.05) is 57.9 Å². The molecule has 0 aliphatic carbocycles. The molecule has 2 unspecified atom stereocenters. The van der Waals surface area contributed by atoms with E-state index in [2.05, 4.69) is 39.2 Å². The molecular weight excluding hydrogens is 360 g/mol. The van der Waals surface area contributed by atoms with E-state index in [1.165, 1.54) is 30.5 Å². The predicted molar refractivity (Wildman–Crippen MR) is 112 cm³/mol. The van der Waals surface area contributed by atoms with Gasteiger partial charge in [-0.25, -0.2) is 0 Å². The zero-order valence-electron chi connectivity index (χ0n) is 16.5. The van der Waals surface area contributed by atoms with Crippen LogP contribution < -0.4 is 10.2 Å². The number of nitrogens with one attached hydrogen (secondary N) is 1. The maximum absolute atomic E-state index is 6.21. The van der Waals surface area contributed by atoms with Crippen molar-refractivity contribution in [2.24, 2.45) is 16.3 Å². The molecule has 1 N–H and O–H groups in total. The molecule has 0 saturated carbocycles. The van der Waals surface area contributed by atoms with Crippen LogP contribution in [0.5, 0.6) is 0 Å². The highest BCUT2D eigenvalue weighted by Gasteiger charge is 2.42. The van der Waals surface area contributed by atoms with Gasteiger partial charge in [-0.2, -0.15) is 0 Å². The summed E-state index contributed by atoms with van der Waals surface area (Å²) in [6.45, 7) is 9.29. The number of rotatable bonds is 3. The molecule has 1 aromatic carbocycles. The van der Waals surface area contributed by atoms with E-state index in [9.17, 15) is 0 Å². The lowest BCUT2D eigenvalue weighted by Gasteiger charge is -2.26. The molecule has 1 aromatic rings. The van der Waals surface area contributed by atoms with Gasteiger partial charge in [0.25, 0.3) is 0 Å². The van der Waals surface area contributed by atoms with Gasteiger partial charge in [0.2, 0.25) is 0 Å². The lowest BCUT2D eigenvalue weighted by Crippen LogP contribution is -2.43. The van der Waals surface area contributed by atoms with Gasteiger partial charge in [-0.3, -0.25) is 4.99 Å². The number of halogens is 1.